The Morgan fingerprint density at radius 3 is 1.77 bits per heavy atom. The molecule has 1 rings (SSSR count). The van der Waals surface area contributed by atoms with Gasteiger partial charge in [-0.3, -0.25) is 10.0 Å². The zero-order valence-electron chi connectivity index (χ0n) is 16.8. The van der Waals surface area contributed by atoms with Crippen molar-refractivity contribution in [3.63, 3.8) is 0 Å². The minimum Gasteiger partial charge on any atom is -0.485 e. The maximum absolute atomic E-state index is 3.84. The molecule has 1 unspecified atom stereocenters. The highest BCUT2D eigenvalue weighted by Crippen LogP contribution is 2.71. The second-order valence-electron chi connectivity index (χ2n) is 9.05. The zero-order chi connectivity index (χ0) is 17.2. The van der Waals surface area contributed by atoms with Gasteiger partial charge in [0.05, 0.1) is 0 Å². The summed E-state index contributed by atoms with van der Waals surface area (Å²) < 4.78 is 0. The lowest BCUT2D eigenvalue weighted by molar-refractivity contribution is 0.283. The Morgan fingerprint density at radius 2 is 1.50 bits per heavy atom. The number of hydrogen-bond donors (Lipinski definition) is 0. The summed E-state index contributed by atoms with van der Waals surface area (Å²) in [7, 11) is -0.757. The summed E-state index contributed by atoms with van der Waals surface area (Å²) in [5.74, 6) is 2.64. The summed E-state index contributed by atoms with van der Waals surface area (Å²) in [6, 6.07) is 0. The highest BCUT2D eigenvalue weighted by Gasteiger charge is 2.55. The maximum Gasteiger partial charge on any atom is 0.000111 e. The first kappa shape index (κ1) is 20.1. The molecule has 1 saturated carbocycles. The van der Waals surface area contributed by atoms with Gasteiger partial charge in [-0.2, -0.15) is 5.41 Å². The molecule has 0 aliphatic heterocycles. The second-order valence-corrected chi connectivity index (χ2v) is 12.9. The quantitative estimate of drug-likeness (QED) is 0.414. The predicted molar refractivity (Wildman–Crippen MR) is 106 cm³/mol. The summed E-state index contributed by atoms with van der Waals surface area (Å²) in [5.41, 5.74) is 1.23. The first-order chi connectivity index (χ1) is 10.0. The van der Waals surface area contributed by atoms with E-state index in [0.29, 0.717) is 10.8 Å². The number of hydrogen-bond acceptors (Lipinski definition) is 0. The van der Waals surface area contributed by atoms with Crippen LogP contribution in [0.3, 0.4) is 0 Å². The van der Waals surface area contributed by atoms with Crippen LogP contribution in [0, 0.1) is 22.3 Å². The van der Waals surface area contributed by atoms with Crippen LogP contribution in [0.5, 0.6) is 0 Å². The molecular formula is C21H41S-. The van der Waals surface area contributed by atoms with Crippen LogP contribution in [-0.2, 0) is 0 Å². The number of rotatable bonds is 8. The van der Waals surface area contributed by atoms with Crippen LogP contribution in [0.15, 0.2) is 5.41 Å². The summed E-state index contributed by atoms with van der Waals surface area (Å²) in [4.78, 5) is 0. The van der Waals surface area contributed by atoms with Gasteiger partial charge in [-0.25, -0.2) is 5.41 Å². The molecule has 0 aromatic carbocycles. The Morgan fingerprint density at radius 1 is 1.00 bits per heavy atom. The fraction of sp³-hybridized carbons (Fsp3) is 0.905. The van der Waals surface area contributed by atoms with Gasteiger partial charge in [-0.05, 0) is 41.6 Å². The highest BCUT2D eigenvalue weighted by atomic mass is 32.3. The molecule has 1 aliphatic carbocycles. The molecule has 0 amide bonds. The van der Waals surface area contributed by atoms with Gasteiger partial charge in [0.1, 0.15) is 0 Å². The van der Waals surface area contributed by atoms with Crippen molar-refractivity contribution >= 4 is 10.0 Å². The third kappa shape index (κ3) is 4.13. The smallest absolute Gasteiger partial charge is 0.000111 e. The monoisotopic (exact) mass is 325 g/mol. The molecule has 0 heterocycles. The third-order valence-electron chi connectivity index (χ3n) is 6.05. The average molecular weight is 326 g/mol. The van der Waals surface area contributed by atoms with Crippen LogP contribution in [0.1, 0.15) is 88.0 Å². The lowest BCUT2D eigenvalue weighted by atomic mass is 9.80. The molecule has 0 aromatic rings. The van der Waals surface area contributed by atoms with E-state index in [1.807, 2.05) is 0 Å². The van der Waals surface area contributed by atoms with Crippen LogP contribution in [-0.4, -0.2) is 16.8 Å². The molecule has 0 aromatic heterocycles. The largest absolute Gasteiger partial charge is 0.485 e. The van der Waals surface area contributed by atoms with Gasteiger partial charge in [-0.1, -0.05) is 68.7 Å². The zero-order valence-corrected chi connectivity index (χ0v) is 17.6. The Kier molecular flexibility index (Phi) is 6.33. The Hall–Kier alpha value is 0.0900. The summed E-state index contributed by atoms with van der Waals surface area (Å²) in [6.07, 6.45) is 9.27. The van der Waals surface area contributed by atoms with Gasteiger partial charge in [0.2, 0.25) is 0 Å². The molecule has 0 nitrogen and oxygen atoms in total. The van der Waals surface area contributed by atoms with Crippen molar-refractivity contribution in [1.82, 2.24) is 0 Å². The molecule has 0 saturated heterocycles. The van der Waals surface area contributed by atoms with Gasteiger partial charge in [0, 0.05) is 5.25 Å². The molecule has 0 spiro atoms. The van der Waals surface area contributed by atoms with E-state index >= 15 is 0 Å². The van der Waals surface area contributed by atoms with Crippen molar-refractivity contribution in [3.05, 3.63) is 11.5 Å². The Bertz CT molecular complexity index is 375. The van der Waals surface area contributed by atoms with E-state index in [9.17, 15) is 0 Å². The van der Waals surface area contributed by atoms with E-state index in [1.54, 1.807) is 0 Å². The molecule has 0 radical (unpaired) electrons. The molecule has 1 fully saturated rings. The maximum atomic E-state index is 3.84. The van der Waals surface area contributed by atoms with E-state index in [-0.39, 0.29) is 5.41 Å². The van der Waals surface area contributed by atoms with Crippen molar-refractivity contribution in [2.75, 3.05) is 11.5 Å². The van der Waals surface area contributed by atoms with Gasteiger partial charge < -0.3 is 6.08 Å². The van der Waals surface area contributed by atoms with E-state index in [4.69, 9.17) is 0 Å². The number of allylic oxidation sites excluding steroid dienone is 1. The SMILES string of the molecule is CCC(C)(C)[C-]=CS(CC)(CC)C(C(C)(C)C)C1(CC)CC1. The first-order valence-corrected chi connectivity index (χ1v) is 11.5. The van der Waals surface area contributed by atoms with E-state index in [0.717, 1.165) is 5.25 Å². The first-order valence-electron chi connectivity index (χ1n) is 9.41. The Labute approximate surface area is 142 Å². The summed E-state index contributed by atoms with van der Waals surface area (Å²) in [6.45, 7) is 21.7. The van der Waals surface area contributed by atoms with Crippen molar-refractivity contribution in [3.8, 4) is 0 Å². The van der Waals surface area contributed by atoms with Gasteiger partial charge in [-0.15, -0.1) is 0 Å². The van der Waals surface area contributed by atoms with E-state index < -0.39 is 10.0 Å². The predicted octanol–water partition coefficient (Wildman–Crippen LogP) is 7.19. The van der Waals surface area contributed by atoms with Crippen LogP contribution in [0.2, 0.25) is 0 Å². The van der Waals surface area contributed by atoms with Crippen molar-refractivity contribution in [2.24, 2.45) is 16.2 Å². The molecule has 1 atom stereocenters. The minimum absolute atomic E-state index is 0.216. The summed E-state index contributed by atoms with van der Waals surface area (Å²) >= 11 is 0. The van der Waals surface area contributed by atoms with Crippen LogP contribution in [0.25, 0.3) is 0 Å². The second kappa shape index (κ2) is 6.91. The summed E-state index contributed by atoms with van der Waals surface area (Å²) in [5, 5.41) is 3.44. The van der Waals surface area contributed by atoms with Gasteiger partial charge in [0.15, 0.2) is 0 Å². The van der Waals surface area contributed by atoms with Crippen molar-refractivity contribution in [2.45, 2.75) is 93.2 Å². The topological polar surface area (TPSA) is 0 Å². The molecule has 0 bridgehead atoms. The van der Waals surface area contributed by atoms with Gasteiger partial charge in [0.25, 0.3) is 0 Å². The van der Waals surface area contributed by atoms with Gasteiger partial charge >= 0.3 is 0 Å². The van der Waals surface area contributed by atoms with Crippen LogP contribution < -0.4 is 0 Å². The highest BCUT2D eigenvalue weighted by molar-refractivity contribution is 8.36. The molecule has 1 heteroatoms. The van der Waals surface area contributed by atoms with E-state index in [1.165, 1.54) is 37.2 Å². The fourth-order valence-corrected chi connectivity index (χ4v) is 9.14. The molecule has 132 valence electrons. The molecule has 1 aliphatic rings. The standard InChI is InChI=1S/C21H41S/c1-10-20(8,9)16-17-22(12-3,13-4)18(19(5,6)7)21(11-2)14-15-21/h17-18H,10-15H2,1-9H3/q-1. The lowest BCUT2D eigenvalue weighted by Crippen LogP contribution is -2.40. The van der Waals surface area contributed by atoms with E-state index in [2.05, 4.69) is 73.8 Å². The van der Waals surface area contributed by atoms with Crippen molar-refractivity contribution in [1.29, 1.82) is 0 Å². The molecule has 0 N–H and O–H groups in total. The fourth-order valence-electron chi connectivity index (χ4n) is 4.23. The van der Waals surface area contributed by atoms with Crippen LogP contribution >= 0.6 is 10.0 Å². The van der Waals surface area contributed by atoms with Crippen LogP contribution in [0.4, 0.5) is 0 Å². The lowest BCUT2D eigenvalue weighted by Gasteiger charge is -2.57. The molecule has 22 heavy (non-hydrogen) atoms. The van der Waals surface area contributed by atoms with Crippen molar-refractivity contribution < 1.29 is 0 Å². The Balaban J connectivity index is 3.30. The third-order valence-corrected chi connectivity index (χ3v) is 10.9. The minimum atomic E-state index is -0.757. The normalized spacial score (nSPS) is 21.1. The molecular weight excluding hydrogens is 284 g/mol. The average Bonchev–Trinajstić information content (AvgIpc) is 3.22.